The predicted molar refractivity (Wildman–Crippen MR) is 65.1 cm³/mol. The molecule has 2 heteroatoms. The van der Waals surface area contributed by atoms with Crippen molar-refractivity contribution in [2.45, 2.75) is 52.5 Å². The van der Waals surface area contributed by atoms with Crippen LogP contribution in [0.15, 0.2) is 0 Å². The van der Waals surface area contributed by atoms with Crippen LogP contribution in [0.1, 0.15) is 46.5 Å². The van der Waals surface area contributed by atoms with Gasteiger partial charge in [-0.25, -0.2) is 0 Å². The molecule has 0 saturated heterocycles. The molecule has 1 saturated carbocycles. The van der Waals surface area contributed by atoms with Crippen LogP contribution in [0.2, 0.25) is 0 Å². The summed E-state index contributed by atoms with van der Waals surface area (Å²) in [5.74, 6) is 0.864. The summed E-state index contributed by atoms with van der Waals surface area (Å²) in [4.78, 5) is 0. The van der Waals surface area contributed by atoms with E-state index in [0.29, 0.717) is 5.41 Å². The fourth-order valence-electron chi connectivity index (χ4n) is 2.32. The number of hydrogen-bond acceptors (Lipinski definition) is 2. The average Bonchev–Trinajstić information content (AvgIpc) is 2.58. The Bertz CT molecular complexity index is 179. The van der Waals surface area contributed by atoms with Crippen molar-refractivity contribution >= 4 is 0 Å². The van der Waals surface area contributed by atoms with Gasteiger partial charge < -0.3 is 10.1 Å². The molecule has 0 amide bonds. The first-order valence-electron chi connectivity index (χ1n) is 6.27. The van der Waals surface area contributed by atoms with Crippen LogP contribution in [0.5, 0.6) is 0 Å². The molecule has 0 bridgehead atoms. The molecular formula is C13H27NO. The molecule has 1 N–H and O–H groups in total. The van der Waals surface area contributed by atoms with Crippen molar-refractivity contribution in [1.29, 1.82) is 0 Å². The minimum atomic E-state index is 0.359. The number of ether oxygens (including phenoxy) is 1. The van der Waals surface area contributed by atoms with Crippen molar-refractivity contribution < 1.29 is 4.74 Å². The van der Waals surface area contributed by atoms with Crippen LogP contribution in [0.25, 0.3) is 0 Å². The molecule has 90 valence electrons. The smallest absolute Gasteiger partial charge is 0.0467 e. The first-order valence-corrected chi connectivity index (χ1v) is 6.27. The number of methoxy groups -OCH3 is 1. The molecule has 0 aromatic rings. The van der Waals surface area contributed by atoms with Crippen molar-refractivity contribution in [3.8, 4) is 0 Å². The summed E-state index contributed by atoms with van der Waals surface area (Å²) in [6.45, 7) is 8.99. The van der Waals surface area contributed by atoms with Crippen molar-refractivity contribution in [2.24, 2.45) is 11.3 Å². The Hall–Kier alpha value is -0.0800. The van der Waals surface area contributed by atoms with Crippen LogP contribution in [0, 0.1) is 11.3 Å². The molecular weight excluding hydrogens is 186 g/mol. The van der Waals surface area contributed by atoms with Gasteiger partial charge in [-0.3, -0.25) is 0 Å². The Labute approximate surface area is 94.8 Å². The second-order valence-electron chi connectivity index (χ2n) is 5.80. The Kier molecular flexibility index (Phi) is 5.07. The van der Waals surface area contributed by atoms with Gasteiger partial charge in [-0.1, -0.05) is 27.2 Å². The van der Waals surface area contributed by atoms with Gasteiger partial charge in [-0.05, 0) is 30.6 Å². The molecule has 2 unspecified atom stereocenters. The molecule has 1 fully saturated rings. The van der Waals surface area contributed by atoms with Crippen molar-refractivity contribution in [1.82, 2.24) is 5.32 Å². The first kappa shape index (κ1) is 13.0. The lowest BCUT2D eigenvalue weighted by atomic mass is 9.89. The van der Waals surface area contributed by atoms with Crippen LogP contribution >= 0.6 is 0 Å². The summed E-state index contributed by atoms with van der Waals surface area (Å²) < 4.78 is 5.14. The highest BCUT2D eigenvalue weighted by Crippen LogP contribution is 2.26. The topological polar surface area (TPSA) is 21.3 Å². The van der Waals surface area contributed by atoms with E-state index >= 15 is 0 Å². The molecule has 1 aliphatic carbocycles. The van der Waals surface area contributed by atoms with Gasteiger partial charge in [-0.15, -0.1) is 0 Å². The van der Waals surface area contributed by atoms with Gasteiger partial charge in [0.2, 0.25) is 0 Å². The highest BCUT2D eigenvalue weighted by molar-refractivity contribution is 4.82. The van der Waals surface area contributed by atoms with Crippen LogP contribution in [0.4, 0.5) is 0 Å². The summed E-state index contributed by atoms with van der Waals surface area (Å²) in [5, 5.41) is 3.72. The van der Waals surface area contributed by atoms with Crippen molar-refractivity contribution in [3.05, 3.63) is 0 Å². The third-order valence-corrected chi connectivity index (χ3v) is 3.69. The summed E-state index contributed by atoms with van der Waals surface area (Å²) in [5.41, 5.74) is 0.359. The molecule has 2 atom stereocenters. The molecule has 0 aliphatic heterocycles. The fourth-order valence-corrected chi connectivity index (χ4v) is 2.32. The SMILES string of the molecule is COCCC(C)(C)CNC1CCCC1C. The highest BCUT2D eigenvalue weighted by atomic mass is 16.5. The molecule has 0 spiro atoms. The number of hydrogen-bond donors (Lipinski definition) is 1. The third-order valence-electron chi connectivity index (χ3n) is 3.69. The first-order chi connectivity index (χ1) is 7.05. The van der Waals surface area contributed by atoms with Gasteiger partial charge in [0.15, 0.2) is 0 Å². The van der Waals surface area contributed by atoms with Gasteiger partial charge in [0.05, 0.1) is 0 Å². The minimum absolute atomic E-state index is 0.359. The van der Waals surface area contributed by atoms with Gasteiger partial charge in [0.1, 0.15) is 0 Å². The molecule has 0 aromatic heterocycles. The molecule has 1 aliphatic rings. The zero-order chi connectivity index (χ0) is 11.3. The Balaban J connectivity index is 2.22. The zero-order valence-electron chi connectivity index (χ0n) is 10.8. The normalized spacial score (nSPS) is 27.2. The lowest BCUT2D eigenvalue weighted by Crippen LogP contribution is -2.38. The molecule has 1 rings (SSSR count). The molecule has 0 aromatic carbocycles. The van der Waals surface area contributed by atoms with E-state index in [4.69, 9.17) is 4.74 Å². The summed E-state index contributed by atoms with van der Waals surface area (Å²) in [6, 6.07) is 0.756. The largest absolute Gasteiger partial charge is 0.385 e. The standard InChI is InChI=1S/C13H27NO/c1-11-6-5-7-12(11)14-10-13(2,3)8-9-15-4/h11-12,14H,5-10H2,1-4H3. The average molecular weight is 213 g/mol. The Morgan fingerprint density at radius 2 is 2.07 bits per heavy atom. The summed E-state index contributed by atoms with van der Waals surface area (Å²) in [6.07, 6.45) is 5.30. The van der Waals surface area contributed by atoms with Crippen molar-refractivity contribution in [2.75, 3.05) is 20.3 Å². The van der Waals surface area contributed by atoms with Crippen molar-refractivity contribution in [3.63, 3.8) is 0 Å². The van der Waals surface area contributed by atoms with Gasteiger partial charge in [-0.2, -0.15) is 0 Å². The lowest BCUT2D eigenvalue weighted by molar-refractivity contribution is 0.148. The van der Waals surface area contributed by atoms with E-state index in [0.717, 1.165) is 31.5 Å². The minimum Gasteiger partial charge on any atom is -0.385 e. The Morgan fingerprint density at radius 1 is 1.33 bits per heavy atom. The number of nitrogens with one attached hydrogen (secondary N) is 1. The third kappa shape index (κ3) is 4.52. The predicted octanol–water partition coefficient (Wildman–Crippen LogP) is 2.83. The molecule has 0 heterocycles. The van der Waals surface area contributed by atoms with Gasteiger partial charge in [0, 0.05) is 26.3 Å². The van der Waals surface area contributed by atoms with E-state index in [1.807, 2.05) is 0 Å². The maximum absolute atomic E-state index is 5.14. The van der Waals surface area contributed by atoms with E-state index in [2.05, 4.69) is 26.1 Å². The Morgan fingerprint density at radius 3 is 2.60 bits per heavy atom. The van der Waals surface area contributed by atoms with E-state index < -0.39 is 0 Å². The second kappa shape index (κ2) is 5.86. The van der Waals surface area contributed by atoms with Crippen LogP contribution < -0.4 is 5.32 Å². The fraction of sp³-hybridized carbons (Fsp3) is 1.00. The summed E-state index contributed by atoms with van der Waals surface area (Å²) in [7, 11) is 1.78. The second-order valence-corrected chi connectivity index (χ2v) is 5.80. The quantitative estimate of drug-likeness (QED) is 0.732. The monoisotopic (exact) mass is 213 g/mol. The summed E-state index contributed by atoms with van der Waals surface area (Å²) >= 11 is 0. The molecule has 0 radical (unpaired) electrons. The number of rotatable bonds is 6. The highest BCUT2D eigenvalue weighted by Gasteiger charge is 2.25. The van der Waals surface area contributed by atoms with E-state index in [-0.39, 0.29) is 0 Å². The maximum atomic E-state index is 5.14. The van der Waals surface area contributed by atoms with Gasteiger partial charge >= 0.3 is 0 Å². The van der Waals surface area contributed by atoms with E-state index in [1.54, 1.807) is 7.11 Å². The van der Waals surface area contributed by atoms with E-state index in [1.165, 1.54) is 19.3 Å². The zero-order valence-corrected chi connectivity index (χ0v) is 10.8. The van der Waals surface area contributed by atoms with Gasteiger partial charge in [0.25, 0.3) is 0 Å². The van der Waals surface area contributed by atoms with Crippen LogP contribution in [-0.4, -0.2) is 26.3 Å². The maximum Gasteiger partial charge on any atom is 0.0467 e. The molecule has 15 heavy (non-hydrogen) atoms. The van der Waals surface area contributed by atoms with E-state index in [9.17, 15) is 0 Å². The van der Waals surface area contributed by atoms with Crippen LogP contribution in [0.3, 0.4) is 0 Å². The van der Waals surface area contributed by atoms with Crippen LogP contribution in [-0.2, 0) is 4.74 Å². The lowest BCUT2D eigenvalue weighted by Gasteiger charge is -2.28. The molecule has 2 nitrogen and oxygen atoms in total.